The highest BCUT2D eigenvalue weighted by Gasteiger charge is 2.44. The highest BCUT2D eigenvalue weighted by atomic mass is 15.3. The van der Waals surface area contributed by atoms with Gasteiger partial charge in [-0.2, -0.15) is 5.10 Å². The first-order valence-corrected chi connectivity index (χ1v) is 22.2. The van der Waals surface area contributed by atoms with Gasteiger partial charge in [-0.3, -0.25) is 0 Å². The van der Waals surface area contributed by atoms with Crippen molar-refractivity contribution in [2.75, 3.05) is 12.5 Å². The summed E-state index contributed by atoms with van der Waals surface area (Å²) in [5.41, 5.74) is 32.6. The lowest BCUT2D eigenvalue weighted by Gasteiger charge is -2.37. The van der Waals surface area contributed by atoms with E-state index in [-0.39, 0.29) is 17.5 Å². The summed E-state index contributed by atoms with van der Waals surface area (Å²) in [5, 5.41) is 7.06. The Morgan fingerprint density at radius 3 is 2.06 bits per heavy atom. The molecular formula is C57H49BN4. The Morgan fingerprint density at radius 1 is 0.613 bits per heavy atom. The van der Waals surface area contributed by atoms with Crippen LogP contribution in [0.2, 0.25) is 0 Å². The van der Waals surface area contributed by atoms with Crippen LogP contribution in [-0.4, -0.2) is 23.5 Å². The monoisotopic (exact) mass is 800 g/mol. The number of anilines is 1. The minimum atomic E-state index is -0.314. The number of nitrogens with zero attached hydrogens (tertiary/aromatic N) is 2. The molecule has 5 heteroatoms. The second kappa shape index (κ2) is 13.4. The van der Waals surface area contributed by atoms with Crippen LogP contribution in [0, 0.1) is 6.92 Å². The second-order valence-corrected chi connectivity index (χ2v) is 18.7. The molecular weight excluding hydrogens is 751 g/mol. The molecule has 0 fully saturated rings. The van der Waals surface area contributed by atoms with Gasteiger partial charge in [-0.1, -0.05) is 167 Å². The number of nitrogens with one attached hydrogen (secondary N) is 2. The van der Waals surface area contributed by atoms with Gasteiger partial charge in [0.1, 0.15) is 5.69 Å². The van der Waals surface area contributed by atoms with Crippen molar-refractivity contribution >= 4 is 45.3 Å². The number of hydrogen-bond acceptors (Lipinski definition) is 3. The van der Waals surface area contributed by atoms with Gasteiger partial charge >= 0.3 is 0 Å². The first kappa shape index (κ1) is 37.1. The van der Waals surface area contributed by atoms with Crippen molar-refractivity contribution in [3.8, 4) is 50.3 Å². The summed E-state index contributed by atoms with van der Waals surface area (Å²) in [6.45, 7) is 11.8. The molecule has 8 aromatic rings. The Morgan fingerprint density at radius 2 is 1.29 bits per heavy atom. The smallest absolute Gasteiger partial charge is 0.250 e. The summed E-state index contributed by atoms with van der Waals surface area (Å²) in [4.78, 5) is 0. The Bertz CT molecular complexity index is 3270. The molecule has 0 spiro atoms. The summed E-state index contributed by atoms with van der Waals surface area (Å²) < 4.78 is 2.34. The van der Waals surface area contributed by atoms with E-state index in [1.165, 1.54) is 105 Å². The lowest BCUT2D eigenvalue weighted by molar-refractivity contribution is 0.638. The van der Waals surface area contributed by atoms with E-state index in [4.69, 9.17) is 5.10 Å². The SMILES string of the molecule is CNNc1c2ccc(c1C)C(C)(C)c1ccccc1-c1cc(-c3c(C4=CCCC=C4)cccc3-c3ccccc3)cc3c1B2c1ccc2c4c(nn-3c14)-c1ccccc1C2(C)C. The Kier molecular flexibility index (Phi) is 8.02. The molecule has 0 unspecified atom stereocenters. The van der Waals surface area contributed by atoms with Gasteiger partial charge < -0.3 is 5.43 Å². The molecule has 2 aliphatic carbocycles. The minimum absolute atomic E-state index is 0.0916. The van der Waals surface area contributed by atoms with Gasteiger partial charge in [0, 0.05) is 34.5 Å². The molecule has 0 saturated heterocycles. The Labute approximate surface area is 365 Å². The van der Waals surface area contributed by atoms with Crippen molar-refractivity contribution in [2.45, 2.75) is 58.3 Å². The topological polar surface area (TPSA) is 41.9 Å². The van der Waals surface area contributed by atoms with Gasteiger partial charge in [0.15, 0.2) is 0 Å². The number of allylic oxidation sites excluding steroid dienone is 4. The summed E-state index contributed by atoms with van der Waals surface area (Å²) >= 11 is 0. The molecule has 0 atom stereocenters. The zero-order chi connectivity index (χ0) is 42.1. The third-order valence-corrected chi connectivity index (χ3v) is 14.7. The number of benzene rings is 7. The van der Waals surface area contributed by atoms with Crippen molar-refractivity contribution in [3.63, 3.8) is 0 Å². The van der Waals surface area contributed by atoms with E-state index < -0.39 is 0 Å². The Hall–Kier alpha value is -6.69. The molecule has 3 aliphatic heterocycles. The fraction of sp³-hybridized carbons (Fsp3) is 0.175. The van der Waals surface area contributed by atoms with Gasteiger partial charge in [0.2, 0.25) is 6.71 Å². The van der Waals surface area contributed by atoms with Crippen LogP contribution in [0.1, 0.15) is 73.9 Å². The van der Waals surface area contributed by atoms with Gasteiger partial charge in [0.25, 0.3) is 0 Å². The summed E-state index contributed by atoms with van der Waals surface area (Å²) in [7, 11) is 1.98. The number of hydrogen-bond donors (Lipinski definition) is 2. The average molecular weight is 801 g/mol. The van der Waals surface area contributed by atoms with Crippen LogP contribution in [0.4, 0.5) is 5.69 Å². The van der Waals surface area contributed by atoms with Crippen LogP contribution in [0.3, 0.4) is 0 Å². The fourth-order valence-electron chi connectivity index (χ4n) is 11.9. The van der Waals surface area contributed by atoms with Crippen LogP contribution in [0.15, 0.2) is 152 Å². The van der Waals surface area contributed by atoms with E-state index in [2.05, 4.69) is 202 Å². The molecule has 1 aromatic heterocycles. The third-order valence-electron chi connectivity index (χ3n) is 14.7. The number of rotatable bonds is 5. The second-order valence-electron chi connectivity index (χ2n) is 18.7. The standard InChI is InChI=1S/C57H49BN4/c1-34-43-28-30-47(53(34)60-59-6)58-48-31-29-46-51-54(41-23-14-16-27-45(41)57(46,4)5)61-62(55(48)51)49-33-37(32-42(52(49)58)40-22-13-15-26-44(40)56(43,2)3)50-38(35-18-9-7-10-19-35)24-17-25-39(50)36-20-11-8-12-21-36/h7,9-11,13-33,59-60H,8,12H2,1-6H3. The van der Waals surface area contributed by atoms with E-state index in [0.717, 1.165) is 29.9 Å². The molecule has 2 N–H and O–H groups in total. The Balaban J connectivity index is 1.29. The number of fused-ring (bicyclic) bond motifs is 5. The van der Waals surface area contributed by atoms with Crippen LogP contribution >= 0.6 is 0 Å². The quantitative estimate of drug-likeness (QED) is 0.135. The minimum Gasteiger partial charge on any atom is -0.322 e. The van der Waals surface area contributed by atoms with Crippen molar-refractivity contribution in [1.82, 2.24) is 15.2 Å². The zero-order valence-corrected chi connectivity index (χ0v) is 36.3. The molecule has 2 bridgehead atoms. The molecule has 0 saturated carbocycles. The normalized spacial score (nSPS) is 15.8. The lowest BCUT2D eigenvalue weighted by Crippen LogP contribution is -2.58. The molecule has 0 radical (unpaired) electrons. The van der Waals surface area contributed by atoms with Crippen molar-refractivity contribution in [1.29, 1.82) is 0 Å². The van der Waals surface area contributed by atoms with Gasteiger partial charge in [-0.25, -0.2) is 10.1 Å². The van der Waals surface area contributed by atoms with Crippen molar-refractivity contribution in [3.05, 3.63) is 185 Å². The molecule has 62 heavy (non-hydrogen) atoms. The molecule has 0 amide bonds. The van der Waals surface area contributed by atoms with Crippen LogP contribution in [-0.2, 0) is 10.8 Å². The molecule has 300 valence electrons. The summed E-state index contributed by atoms with van der Waals surface area (Å²) in [6, 6.07) is 50.6. The highest BCUT2D eigenvalue weighted by Crippen LogP contribution is 2.51. The van der Waals surface area contributed by atoms with Crippen LogP contribution in [0.25, 0.3) is 66.8 Å². The summed E-state index contributed by atoms with van der Waals surface area (Å²) in [5.74, 6) is 0. The lowest BCUT2D eigenvalue weighted by atomic mass is 9.33. The van der Waals surface area contributed by atoms with Crippen LogP contribution < -0.4 is 27.2 Å². The van der Waals surface area contributed by atoms with Gasteiger partial charge in [0.05, 0.1) is 11.2 Å². The van der Waals surface area contributed by atoms with Gasteiger partial charge in [-0.05, 0) is 121 Å². The number of aromatic nitrogens is 2. The average Bonchev–Trinajstić information content (AvgIpc) is 3.71. The van der Waals surface area contributed by atoms with Crippen molar-refractivity contribution < 1.29 is 0 Å². The maximum absolute atomic E-state index is 5.79. The first-order valence-electron chi connectivity index (χ1n) is 22.2. The maximum Gasteiger partial charge on any atom is 0.250 e. The van der Waals surface area contributed by atoms with E-state index >= 15 is 0 Å². The van der Waals surface area contributed by atoms with Gasteiger partial charge in [-0.15, -0.1) is 0 Å². The molecule has 13 rings (SSSR count). The molecule has 4 heterocycles. The van der Waals surface area contributed by atoms with Crippen molar-refractivity contribution in [2.24, 2.45) is 0 Å². The van der Waals surface area contributed by atoms with E-state index in [9.17, 15) is 0 Å². The molecule has 5 aliphatic rings. The van der Waals surface area contributed by atoms with E-state index in [0.29, 0.717) is 0 Å². The zero-order valence-electron chi connectivity index (χ0n) is 36.3. The molecule has 7 aromatic carbocycles. The largest absolute Gasteiger partial charge is 0.322 e. The maximum atomic E-state index is 5.79. The molecule has 4 nitrogen and oxygen atoms in total. The first-order chi connectivity index (χ1) is 30.2. The predicted octanol–water partition coefficient (Wildman–Crippen LogP) is 11.4. The van der Waals surface area contributed by atoms with E-state index in [1.54, 1.807) is 0 Å². The van der Waals surface area contributed by atoms with Crippen LogP contribution in [0.5, 0.6) is 0 Å². The van der Waals surface area contributed by atoms with E-state index in [1.807, 2.05) is 7.05 Å². The highest BCUT2D eigenvalue weighted by molar-refractivity contribution is 6.99. The predicted molar refractivity (Wildman–Crippen MR) is 262 cm³/mol. The fourth-order valence-corrected chi connectivity index (χ4v) is 11.9. The number of hydrazine groups is 1. The third kappa shape index (κ3) is 5.03. The summed E-state index contributed by atoms with van der Waals surface area (Å²) in [6.07, 6.45) is 9.18.